The number of aryl methyl sites for hydroxylation is 2. The maximum atomic E-state index is 13.7. The Morgan fingerprint density at radius 2 is 1.77 bits per heavy atom. The van der Waals surface area contributed by atoms with Crippen LogP contribution in [-0.2, 0) is 6.42 Å². The number of halogens is 3. The van der Waals surface area contributed by atoms with Gasteiger partial charge in [0, 0.05) is 5.56 Å². The molecule has 1 heterocycles. The van der Waals surface area contributed by atoms with E-state index in [4.69, 9.17) is 0 Å². The lowest BCUT2D eigenvalue weighted by atomic mass is 10.1. The summed E-state index contributed by atoms with van der Waals surface area (Å²) in [5.74, 6) is -5.00. The highest BCUT2D eigenvalue weighted by molar-refractivity contribution is 7.17. The lowest BCUT2D eigenvalue weighted by Gasteiger charge is -2.06. The van der Waals surface area contributed by atoms with Crippen molar-refractivity contribution in [3.8, 4) is 10.6 Å². The Bertz CT molecular complexity index is 968. The van der Waals surface area contributed by atoms with Crippen LogP contribution in [0.25, 0.3) is 10.6 Å². The molecule has 26 heavy (non-hydrogen) atoms. The molecule has 3 aromatic rings. The molecule has 0 aliphatic rings. The van der Waals surface area contributed by atoms with Crippen LogP contribution in [-0.4, -0.2) is 10.9 Å². The second-order valence-electron chi connectivity index (χ2n) is 5.66. The summed E-state index contributed by atoms with van der Waals surface area (Å²) in [5.41, 5.74) is 2.11. The minimum atomic E-state index is -1.62. The Balaban J connectivity index is 1.86. The molecule has 1 amide bonds. The van der Waals surface area contributed by atoms with Crippen molar-refractivity contribution in [2.24, 2.45) is 0 Å². The van der Waals surface area contributed by atoms with E-state index in [-0.39, 0.29) is 4.88 Å². The molecule has 0 atom stereocenters. The minimum Gasteiger partial charge on any atom is -0.319 e. The number of rotatable bonds is 4. The first kappa shape index (κ1) is 18.1. The second kappa shape index (κ2) is 7.29. The third-order valence-corrected chi connectivity index (χ3v) is 5.10. The van der Waals surface area contributed by atoms with E-state index < -0.39 is 29.0 Å². The number of nitrogens with zero attached hydrogens (tertiary/aromatic N) is 1. The van der Waals surface area contributed by atoms with Crippen molar-refractivity contribution in [1.82, 2.24) is 4.98 Å². The predicted molar refractivity (Wildman–Crippen MR) is 95.9 cm³/mol. The van der Waals surface area contributed by atoms with Gasteiger partial charge in [-0.1, -0.05) is 31.2 Å². The van der Waals surface area contributed by atoms with Gasteiger partial charge in [0.2, 0.25) is 0 Å². The van der Waals surface area contributed by atoms with Crippen molar-refractivity contribution < 1.29 is 18.0 Å². The third kappa shape index (κ3) is 3.48. The highest BCUT2D eigenvalue weighted by Crippen LogP contribution is 2.29. The fourth-order valence-corrected chi connectivity index (χ4v) is 3.38. The number of nitrogens with one attached hydrogen (secondary N) is 1. The first-order valence-electron chi connectivity index (χ1n) is 7.92. The van der Waals surface area contributed by atoms with E-state index in [0.717, 1.165) is 35.5 Å². The van der Waals surface area contributed by atoms with Crippen LogP contribution in [0, 0.1) is 24.4 Å². The molecule has 0 unspecified atom stereocenters. The van der Waals surface area contributed by atoms with Crippen LogP contribution in [0.3, 0.4) is 0 Å². The van der Waals surface area contributed by atoms with Gasteiger partial charge in [-0.25, -0.2) is 18.2 Å². The molecule has 1 aromatic heterocycles. The molecule has 0 fully saturated rings. The summed E-state index contributed by atoms with van der Waals surface area (Å²) < 4.78 is 40.0. The maximum Gasteiger partial charge on any atom is 0.267 e. The Morgan fingerprint density at radius 1 is 1.08 bits per heavy atom. The second-order valence-corrected chi connectivity index (χ2v) is 6.66. The zero-order valence-electron chi connectivity index (χ0n) is 14.1. The van der Waals surface area contributed by atoms with Gasteiger partial charge in [0.1, 0.15) is 9.88 Å². The summed E-state index contributed by atoms with van der Waals surface area (Å²) in [5, 5.41) is 2.92. The fraction of sp³-hybridized carbons (Fsp3) is 0.158. The number of benzene rings is 2. The molecule has 3 nitrogen and oxygen atoms in total. The molecular formula is C19H15F3N2OS. The number of thiazole rings is 1. The van der Waals surface area contributed by atoms with E-state index in [1.807, 2.05) is 24.3 Å². The van der Waals surface area contributed by atoms with Crippen LogP contribution in [0.2, 0.25) is 0 Å². The number of amides is 1. The molecule has 0 aliphatic carbocycles. The summed E-state index contributed by atoms with van der Waals surface area (Å²) in [6.07, 6.45) is 0.921. The molecule has 7 heteroatoms. The van der Waals surface area contributed by atoms with E-state index in [1.165, 1.54) is 5.56 Å². The van der Waals surface area contributed by atoms with Crippen LogP contribution < -0.4 is 5.32 Å². The van der Waals surface area contributed by atoms with Gasteiger partial charge in [-0.15, -0.1) is 11.3 Å². The molecule has 0 saturated heterocycles. The molecule has 3 rings (SSSR count). The number of carbonyl (C=O) groups excluding carboxylic acids is 1. The van der Waals surface area contributed by atoms with E-state index in [9.17, 15) is 18.0 Å². The average molecular weight is 376 g/mol. The van der Waals surface area contributed by atoms with Gasteiger partial charge in [0.05, 0.1) is 11.4 Å². The summed E-state index contributed by atoms with van der Waals surface area (Å²) in [6, 6.07) is 9.56. The lowest BCUT2D eigenvalue weighted by Crippen LogP contribution is -2.13. The Morgan fingerprint density at radius 3 is 2.42 bits per heavy atom. The van der Waals surface area contributed by atoms with Crippen LogP contribution in [0.4, 0.5) is 18.9 Å². The molecule has 0 saturated carbocycles. The van der Waals surface area contributed by atoms with Gasteiger partial charge >= 0.3 is 0 Å². The normalized spacial score (nSPS) is 10.8. The Labute approximate surface area is 152 Å². The van der Waals surface area contributed by atoms with Crippen LogP contribution in [0.1, 0.15) is 27.9 Å². The number of hydrogen-bond acceptors (Lipinski definition) is 3. The number of hydrogen-bond donors (Lipinski definition) is 1. The Hall–Kier alpha value is -2.67. The lowest BCUT2D eigenvalue weighted by molar-refractivity contribution is 0.102. The third-order valence-electron chi connectivity index (χ3n) is 3.90. The minimum absolute atomic E-state index is 0.281. The molecule has 0 radical (unpaired) electrons. The van der Waals surface area contributed by atoms with Gasteiger partial charge < -0.3 is 5.32 Å². The van der Waals surface area contributed by atoms with Crippen molar-refractivity contribution >= 4 is 22.9 Å². The smallest absolute Gasteiger partial charge is 0.267 e. The zero-order valence-corrected chi connectivity index (χ0v) is 14.9. The van der Waals surface area contributed by atoms with Crippen molar-refractivity contribution in [3.05, 3.63) is 70.0 Å². The van der Waals surface area contributed by atoms with Crippen molar-refractivity contribution in [3.63, 3.8) is 0 Å². The fourth-order valence-electron chi connectivity index (χ4n) is 2.42. The maximum absolute atomic E-state index is 13.7. The standard InChI is InChI=1S/C19H15F3N2OS/c1-3-11-4-6-12(7-5-11)19-23-10(2)17(26-19)18(25)24-14-9-8-13(20)15(21)16(14)22/h4-9H,3H2,1-2H3,(H,24,25). The highest BCUT2D eigenvalue weighted by Gasteiger charge is 2.20. The van der Waals surface area contributed by atoms with Gasteiger partial charge in [-0.2, -0.15) is 0 Å². The molecule has 1 N–H and O–H groups in total. The van der Waals surface area contributed by atoms with E-state index >= 15 is 0 Å². The summed E-state index contributed by atoms with van der Waals surface area (Å²) in [6.45, 7) is 3.72. The summed E-state index contributed by atoms with van der Waals surface area (Å²) in [7, 11) is 0. The van der Waals surface area contributed by atoms with Crippen LogP contribution in [0.15, 0.2) is 36.4 Å². The molecule has 2 aromatic carbocycles. The monoisotopic (exact) mass is 376 g/mol. The van der Waals surface area contributed by atoms with Gasteiger partial charge in [0.25, 0.3) is 5.91 Å². The van der Waals surface area contributed by atoms with Crippen LogP contribution >= 0.6 is 11.3 Å². The molecule has 134 valence electrons. The van der Waals surface area contributed by atoms with E-state index in [0.29, 0.717) is 10.7 Å². The zero-order chi connectivity index (χ0) is 18.8. The van der Waals surface area contributed by atoms with Crippen LogP contribution in [0.5, 0.6) is 0 Å². The average Bonchev–Trinajstić information content (AvgIpc) is 3.04. The molecule has 0 aliphatic heterocycles. The van der Waals surface area contributed by atoms with Gasteiger partial charge in [-0.3, -0.25) is 4.79 Å². The summed E-state index contributed by atoms with van der Waals surface area (Å²) in [4.78, 5) is 17.1. The topological polar surface area (TPSA) is 42.0 Å². The van der Waals surface area contributed by atoms with E-state index in [1.54, 1.807) is 6.92 Å². The van der Waals surface area contributed by atoms with E-state index in [2.05, 4.69) is 17.2 Å². The molecular weight excluding hydrogens is 361 g/mol. The number of carbonyl (C=O) groups is 1. The van der Waals surface area contributed by atoms with Gasteiger partial charge in [0.15, 0.2) is 17.5 Å². The quantitative estimate of drug-likeness (QED) is 0.624. The van der Waals surface area contributed by atoms with Crippen molar-refractivity contribution in [2.45, 2.75) is 20.3 Å². The summed E-state index contributed by atoms with van der Waals surface area (Å²) >= 11 is 1.15. The van der Waals surface area contributed by atoms with Crippen molar-refractivity contribution in [1.29, 1.82) is 0 Å². The predicted octanol–water partition coefficient (Wildman–Crippen LogP) is 5.35. The highest BCUT2D eigenvalue weighted by atomic mass is 32.1. The Kier molecular flexibility index (Phi) is 5.08. The first-order valence-corrected chi connectivity index (χ1v) is 8.74. The van der Waals surface area contributed by atoms with Gasteiger partial charge in [-0.05, 0) is 31.0 Å². The largest absolute Gasteiger partial charge is 0.319 e. The number of anilines is 1. The SMILES string of the molecule is CCc1ccc(-c2nc(C)c(C(=O)Nc3ccc(F)c(F)c3F)s2)cc1. The molecule has 0 spiro atoms. The first-order chi connectivity index (χ1) is 12.4. The molecule has 0 bridgehead atoms. The number of aromatic nitrogens is 1. The van der Waals surface area contributed by atoms with Crippen molar-refractivity contribution in [2.75, 3.05) is 5.32 Å².